The average Bonchev–Trinajstić information content (AvgIpc) is 2.76. The van der Waals surface area contributed by atoms with E-state index in [0.29, 0.717) is 23.1 Å². The number of phenolic OH excluding ortho intramolecular Hbond substituents is 1. The van der Waals surface area contributed by atoms with E-state index in [2.05, 4.69) is 21.2 Å². The Hall–Kier alpha value is -2.05. The maximum absolute atomic E-state index is 10.5. The number of ether oxygens (including phenoxy) is 1. The van der Waals surface area contributed by atoms with Crippen LogP contribution >= 0.6 is 39.1 Å². The fraction of sp³-hybridized carbons (Fsp3) is 0.208. The van der Waals surface area contributed by atoms with Crippen LogP contribution in [0.3, 0.4) is 0 Å². The molecule has 0 aromatic heterocycles. The highest BCUT2D eigenvalue weighted by Crippen LogP contribution is 2.37. The fourth-order valence-corrected chi connectivity index (χ4v) is 4.57. The molecule has 1 aliphatic rings. The summed E-state index contributed by atoms with van der Waals surface area (Å²) < 4.78 is 6.46. The first-order chi connectivity index (χ1) is 14.9. The Kier molecular flexibility index (Phi) is 6.87. The summed E-state index contributed by atoms with van der Waals surface area (Å²) in [7, 11) is 0. The molecule has 0 unspecified atom stereocenters. The topological polar surface area (TPSA) is 53.8 Å². The van der Waals surface area contributed by atoms with E-state index in [1.54, 1.807) is 18.2 Å². The molecule has 0 saturated carbocycles. The minimum atomic E-state index is -0.386. The molecular formula is C24H21BrCl2N2O2. The van der Waals surface area contributed by atoms with Crippen molar-refractivity contribution in [1.82, 2.24) is 5.32 Å². The number of phenols is 1. The highest BCUT2D eigenvalue weighted by atomic mass is 79.9. The van der Waals surface area contributed by atoms with Crippen LogP contribution in [0.2, 0.25) is 10.0 Å². The van der Waals surface area contributed by atoms with E-state index in [4.69, 9.17) is 32.9 Å². The highest BCUT2D eigenvalue weighted by Gasteiger charge is 2.29. The van der Waals surface area contributed by atoms with E-state index in [9.17, 15) is 5.11 Å². The summed E-state index contributed by atoms with van der Waals surface area (Å²) in [6, 6.07) is 18.6. The maximum atomic E-state index is 10.5. The van der Waals surface area contributed by atoms with E-state index >= 15 is 0 Å². The van der Waals surface area contributed by atoms with E-state index in [-0.39, 0.29) is 18.0 Å². The Bertz CT molecular complexity index is 1120. The number of aliphatic imine (C=N–C) groups is 1. The third-order valence-corrected chi connectivity index (χ3v) is 6.22. The molecule has 2 N–H and O–H groups in total. The average molecular weight is 520 g/mol. The van der Waals surface area contributed by atoms with Crippen molar-refractivity contribution in [2.45, 2.75) is 25.6 Å². The molecule has 7 heteroatoms. The summed E-state index contributed by atoms with van der Waals surface area (Å²) in [5, 5.41) is 15.2. The van der Waals surface area contributed by atoms with Crippen molar-refractivity contribution >= 4 is 44.8 Å². The molecule has 0 bridgehead atoms. The normalized spacial score (nSPS) is 18.5. The summed E-state index contributed by atoms with van der Waals surface area (Å²) >= 11 is 16.1. The van der Waals surface area contributed by atoms with Crippen LogP contribution in [0.15, 0.2) is 70.1 Å². The molecule has 4 nitrogen and oxygen atoms in total. The molecule has 31 heavy (non-hydrogen) atoms. The summed E-state index contributed by atoms with van der Waals surface area (Å²) in [6.45, 7) is 2.58. The van der Waals surface area contributed by atoms with Crippen molar-refractivity contribution in [2.24, 2.45) is 4.99 Å². The second-order valence-electron chi connectivity index (χ2n) is 7.23. The van der Waals surface area contributed by atoms with Crippen LogP contribution in [0.4, 0.5) is 0 Å². The zero-order valence-corrected chi connectivity index (χ0v) is 19.9. The molecule has 0 radical (unpaired) electrons. The second-order valence-corrected chi connectivity index (χ2v) is 8.99. The van der Waals surface area contributed by atoms with Crippen LogP contribution in [-0.2, 0) is 0 Å². The highest BCUT2D eigenvalue weighted by molar-refractivity contribution is 9.10. The molecule has 0 amide bonds. The lowest BCUT2D eigenvalue weighted by molar-refractivity contribution is 0.340. The lowest BCUT2D eigenvalue weighted by Gasteiger charge is -2.31. The molecule has 1 heterocycles. The number of nitrogens with zero attached hydrogens (tertiary/aromatic N) is 1. The predicted molar refractivity (Wildman–Crippen MR) is 130 cm³/mol. The zero-order chi connectivity index (χ0) is 22.0. The fourth-order valence-electron chi connectivity index (χ4n) is 3.68. The molecule has 0 saturated heterocycles. The van der Waals surface area contributed by atoms with Crippen LogP contribution in [0.1, 0.15) is 42.2 Å². The Morgan fingerprint density at radius 2 is 1.84 bits per heavy atom. The Morgan fingerprint density at radius 1 is 1.06 bits per heavy atom. The van der Waals surface area contributed by atoms with Crippen molar-refractivity contribution in [2.75, 3.05) is 6.61 Å². The predicted octanol–water partition coefficient (Wildman–Crippen LogP) is 7.08. The van der Waals surface area contributed by atoms with Gasteiger partial charge in [-0.2, -0.15) is 0 Å². The number of rotatable bonds is 5. The molecule has 3 aromatic rings. The smallest absolute Gasteiger partial charge is 0.127 e. The molecule has 0 aliphatic carbocycles. The molecule has 3 aromatic carbocycles. The third kappa shape index (κ3) is 5.07. The van der Waals surface area contributed by atoms with Gasteiger partial charge < -0.3 is 9.84 Å². The van der Waals surface area contributed by atoms with Gasteiger partial charge in [-0.1, -0.05) is 45.2 Å². The molecule has 2 atom stereocenters. The van der Waals surface area contributed by atoms with Crippen molar-refractivity contribution in [1.29, 1.82) is 0 Å². The van der Waals surface area contributed by atoms with Crippen LogP contribution in [0.25, 0.3) is 0 Å². The number of hydrogen-bond donors (Lipinski definition) is 2. The molecule has 1 aliphatic heterocycles. The van der Waals surface area contributed by atoms with Crippen LogP contribution in [0.5, 0.6) is 11.5 Å². The largest absolute Gasteiger partial charge is 0.508 e. The van der Waals surface area contributed by atoms with Crippen molar-refractivity contribution < 1.29 is 9.84 Å². The molecule has 0 spiro atoms. The first-order valence-electron chi connectivity index (χ1n) is 9.94. The molecule has 0 fully saturated rings. The number of nitrogens with one attached hydrogen (secondary N) is 1. The Balaban J connectivity index is 1.75. The van der Waals surface area contributed by atoms with Crippen molar-refractivity contribution in [3.05, 3.63) is 91.9 Å². The second kappa shape index (κ2) is 9.61. The standard InChI is InChI=1S/C24H21BrCl2N2O2/c1-2-31-17-7-3-14(4-8-17)21-13-22(19-11-15(25)5-10-23(19)30)29-24(28-21)18-9-6-16(26)12-20(18)27/h3-12,22,24,29-30H,2,13H2,1H3/t22-,24-/m0/s1. The van der Waals surface area contributed by atoms with Gasteiger partial charge in [0, 0.05) is 43.8 Å². The van der Waals surface area contributed by atoms with Gasteiger partial charge in [-0.15, -0.1) is 0 Å². The van der Waals surface area contributed by atoms with Crippen LogP contribution in [0, 0.1) is 0 Å². The van der Waals surface area contributed by atoms with Gasteiger partial charge in [0.1, 0.15) is 17.7 Å². The molecular weight excluding hydrogens is 499 g/mol. The van der Waals surface area contributed by atoms with Gasteiger partial charge >= 0.3 is 0 Å². The van der Waals surface area contributed by atoms with Gasteiger partial charge in [0.2, 0.25) is 0 Å². The lowest BCUT2D eigenvalue weighted by Crippen LogP contribution is -2.33. The van der Waals surface area contributed by atoms with Gasteiger partial charge in [0.15, 0.2) is 0 Å². The van der Waals surface area contributed by atoms with Gasteiger partial charge in [0.05, 0.1) is 6.61 Å². The van der Waals surface area contributed by atoms with Crippen LogP contribution < -0.4 is 10.1 Å². The zero-order valence-electron chi connectivity index (χ0n) is 16.8. The van der Waals surface area contributed by atoms with Gasteiger partial charge in [-0.25, -0.2) is 0 Å². The van der Waals surface area contributed by atoms with E-state index in [0.717, 1.165) is 32.6 Å². The number of hydrogen-bond acceptors (Lipinski definition) is 4. The van der Waals surface area contributed by atoms with Crippen molar-refractivity contribution in [3.8, 4) is 11.5 Å². The number of benzene rings is 3. The monoisotopic (exact) mass is 518 g/mol. The van der Waals surface area contributed by atoms with Gasteiger partial charge in [-0.05, 0) is 67.1 Å². The minimum Gasteiger partial charge on any atom is -0.508 e. The number of aromatic hydroxyl groups is 1. The van der Waals surface area contributed by atoms with Gasteiger partial charge in [-0.3, -0.25) is 10.3 Å². The lowest BCUT2D eigenvalue weighted by atomic mass is 9.93. The summed E-state index contributed by atoms with van der Waals surface area (Å²) in [5.74, 6) is 1.05. The minimum absolute atomic E-state index is 0.159. The number of halogens is 3. The third-order valence-electron chi connectivity index (χ3n) is 5.16. The first-order valence-corrected chi connectivity index (χ1v) is 11.5. The van der Waals surface area contributed by atoms with E-state index in [1.807, 2.05) is 49.4 Å². The quantitative estimate of drug-likeness (QED) is 0.378. The molecule has 4 rings (SSSR count). The van der Waals surface area contributed by atoms with E-state index < -0.39 is 0 Å². The summed E-state index contributed by atoms with van der Waals surface area (Å²) in [4.78, 5) is 4.96. The van der Waals surface area contributed by atoms with E-state index in [1.165, 1.54) is 0 Å². The Morgan fingerprint density at radius 3 is 2.55 bits per heavy atom. The summed E-state index contributed by atoms with van der Waals surface area (Å²) in [6.07, 6.45) is 0.225. The Labute approximate surface area is 200 Å². The molecule has 160 valence electrons. The SMILES string of the molecule is CCOc1ccc(C2=N[C@H](c3ccc(Cl)cc3Cl)N[C@H](c3cc(Br)ccc3O)C2)cc1. The first kappa shape index (κ1) is 22.2. The maximum Gasteiger partial charge on any atom is 0.127 e. The van der Waals surface area contributed by atoms with Crippen molar-refractivity contribution in [3.63, 3.8) is 0 Å². The van der Waals surface area contributed by atoms with Crippen LogP contribution in [-0.4, -0.2) is 17.4 Å². The van der Waals surface area contributed by atoms with Gasteiger partial charge in [0.25, 0.3) is 0 Å². The summed E-state index contributed by atoms with van der Waals surface area (Å²) in [5.41, 5.74) is 3.54.